The normalized spacial score (nSPS) is 31.9. The fourth-order valence-electron chi connectivity index (χ4n) is 1.54. The Hall–Kier alpha value is -1.91. The zero-order chi connectivity index (χ0) is 16.2. The highest BCUT2D eigenvalue weighted by Gasteiger charge is 2.46. The summed E-state index contributed by atoms with van der Waals surface area (Å²) in [6.45, 7) is 0. The molecular weight excluding hydrogens is 286 g/mol. The van der Waals surface area contributed by atoms with Gasteiger partial charge in [0.1, 0.15) is 24.1 Å². The molecule has 1 saturated heterocycles. The van der Waals surface area contributed by atoms with Gasteiger partial charge in [0.2, 0.25) is 0 Å². The van der Waals surface area contributed by atoms with Gasteiger partial charge in [0.05, 0.1) is 0 Å². The zero-order valence-corrected chi connectivity index (χ0v) is 10.8. The maximum Gasteiger partial charge on any atom is 0.335 e. The number of aliphatic hydroxyl groups is 4. The van der Waals surface area contributed by atoms with Gasteiger partial charge in [-0.3, -0.25) is 0 Å². The minimum Gasteiger partial charge on any atom is -0.508 e. The number of rotatable bonds is 1. The summed E-state index contributed by atoms with van der Waals surface area (Å²) in [5.41, 5.74) is 5.98. The van der Waals surface area contributed by atoms with Crippen molar-refractivity contribution < 1.29 is 40.2 Å². The second-order valence-electron chi connectivity index (χ2n) is 4.35. The van der Waals surface area contributed by atoms with Crippen LogP contribution in [0.3, 0.4) is 0 Å². The van der Waals surface area contributed by atoms with E-state index in [0.29, 0.717) is 5.69 Å². The number of hydrogen-bond acceptors (Lipinski definition) is 8. The fourth-order valence-corrected chi connectivity index (χ4v) is 1.54. The monoisotopic (exact) mass is 303 g/mol. The Kier molecular flexibility index (Phi) is 5.88. The second-order valence-corrected chi connectivity index (χ2v) is 4.35. The van der Waals surface area contributed by atoms with E-state index in [0.717, 1.165) is 0 Å². The highest BCUT2D eigenvalue weighted by molar-refractivity contribution is 5.73. The van der Waals surface area contributed by atoms with Gasteiger partial charge in [-0.25, -0.2) is 4.79 Å². The molecule has 0 radical (unpaired) electrons. The number of nitrogens with two attached hydrogens (primary N) is 1. The first-order chi connectivity index (χ1) is 9.73. The Morgan fingerprint density at radius 1 is 1.00 bits per heavy atom. The van der Waals surface area contributed by atoms with Crippen LogP contribution in [0.4, 0.5) is 5.69 Å². The number of phenolic OH excluding ortho intramolecular Hbond substituents is 1. The summed E-state index contributed by atoms with van der Waals surface area (Å²) >= 11 is 0. The molecule has 1 aromatic carbocycles. The van der Waals surface area contributed by atoms with Crippen molar-refractivity contribution in [3.8, 4) is 5.75 Å². The SMILES string of the molecule is Nc1ccc(O)cc1.O=C(O)[C@H]1OC(O)[C@H](O)[C@@H](O)[C@@H]1O. The number of benzene rings is 1. The van der Waals surface area contributed by atoms with Crippen molar-refractivity contribution in [1.29, 1.82) is 0 Å². The van der Waals surface area contributed by atoms with E-state index in [2.05, 4.69) is 4.74 Å². The molecule has 8 N–H and O–H groups in total. The summed E-state index contributed by atoms with van der Waals surface area (Å²) in [6, 6.07) is 6.40. The van der Waals surface area contributed by atoms with E-state index < -0.39 is 36.7 Å². The van der Waals surface area contributed by atoms with Gasteiger partial charge < -0.3 is 41.1 Å². The van der Waals surface area contributed by atoms with Crippen LogP contribution >= 0.6 is 0 Å². The largest absolute Gasteiger partial charge is 0.508 e. The molecule has 1 aromatic rings. The third-order valence-electron chi connectivity index (χ3n) is 2.72. The van der Waals surface area contributed by atoms with Gasteiger partial charge in [0.15, 0.2) is 12.4 Å². The van der Waals surface area contributed by atoms with Crippen LogP contribution < -0.4 is 5.73 Å². The quantitative estimate of drug-likeness (QED) is 0.225. The molecule has 21 heavy (non-hydrogen) atoms. The Balaban J connectivity index is 0.000000235. The van der Waals surface area contributed by atoms with Crippen molar-refractivity contribution in [2.45, 2.75) is 30.7 Å². The summed E-state index contributed by atoms with van der Waals surface area (Å²) in [7, 11) is 0. The van der Waals surface area contributed by atoms with Gasteiger partial charge in [0.25, 0.3) is 0 Å². The molecule has 5 atom stereocenters. The predicted molar refractivity (Wildman–Crippen MR) is 69.1 cm³/mol. The number of hydrogen-bond donors (Lipinski definition) is 7. The minimum atomic E-state index is -1.81. The van der Waals surface area contributed by atoms with Crippen molar-refractivity contribution in [1.82, 2.24) is 0 Å². The Labute approximate surface area is 119 Å². The van der Waals surface area contributed by atoms with Crippen molar-refractivity contribution in [2.75, 3.05) is 5.73 Å². The number of ether oxygens (including phenoxy) is 1. The van der Waals surface area contributed by atoms with E-state index in [-0.39, 0.29) is 5.75 Å². The lowest BCUT2D eigenvalue weighted by molar-refractivity contribution is -0.279. The maximum absolute atomic E-state index is 10.4. The average Bonchev–Trinajstić information content (AvgIpc) is 2.44. The lowest BCUT2D eigenvalue weighted by Crippen LogP contribution is -2.59. The van der Waals surface area contributed by atoms with Crippen LogP contribution in [0.5, 0.6) is 5.75 Å². The molecule has 0 spiro atoms. The summed E-state index contributed by atoms with van der Waals surface area (Å²) in [5, 5.41) is 53.1. The number of aromatic hydroxyl groups is 1. The number of phenols is 1. The fraction of sp³-hybridized carbons (Fsp3) is 0.417. The van der Waals surface area contributed by atoms with Gasteiger partial charge in [-0.15, -0.1) is 0 Å². The lowest BCUT2D eigenvalue weighted by atomic mass is 9.99. The molecule has 1 fully saturated rings. The lowest BCUT2D eigenvalue weighted by Gasteiger charge is -2.36. The first-order valence-corrected chi connectivity index (χ1v) is 5.89. The van der Waals surface area contributed by atoms with Crippen molar-refractivity contribution in [3.63, 3.8) is 0 Å². The van der Waals surface area contributed by atoms with Gasteiger partial charge in [-0.05, 0) is 24.3 Å². The molecule has 9 nitrogen and oxygen atoms in total. The van der Waals surface area contributed by atoms with Crippen molar-refractivity contribution in [2.24, 2.45) is 0 Å². The molecule has 1 aliphatic heterocycles. The highest BCUT2D eigenvalue weighted by atomic mass is 16.6. The van der Waals surface area contributed by atoms with Crippen molar-refractivity contribution in [3.05, 3.63) is 24.3 Å². The van der Waals surface area contributed by atoms with Crippen LogP contribution in [0.2, 0.25) is 0 Å². The van der Waals surface area contributed by atoms with E-state index in [1.807, 2.05) is 0 Å². The molecule has 0 bridgehead atoms. The molecule has 2 rings (SSSR count). The van der Waals surface area contributed by atoms with Gasteiger partial charge >= 0.3 is 5.97 Å². The molecule has 1 heterocycles. The summed E-state index contributed by atoms with van der Waals surface area (Å²) in [6.07, 6.45) is -8.72. The second kappa shape index (κ2) is 7.20. The molecule has 0 amide bonds. The number of carbonyl (C=O) groups is 1. The third-order valence-corrected chi connectivity index (χ3v) is 2.72. The van der Waals surface area contributed by atoms with Crippen molar-refractivity contribution >= 4 is 11.7 Å². The third kappa shape index (κ3) is 4.55. The average molecular weight is 303 g/mol. The van der Waals surface area contributed by atoms with Crippen LogP contribution in [0.1, 0.15) is 0 Å². The molecule has 1 aliphatic rings. The number of anilines is 1. The minimum absolute atomic E-state index is 0.249. The van der Waals surface area contributed by atoms with Gasteiger partial charge in [0, 0.05) is 5.69 Å². The Morgan fingerprint density at radius 3 is 1.95 bits per heavy atom. The Bertz CT molecular complexity index is 444. The van der Waals surface area contributed by atoms with E-state index in [4.69, 9.17) is 36.4 Å². The predicted octanol–water partition coefficient (Wildman–Crippen LogP) is -2.15. The summed E-state index contributed by atoms with van der Waals surface area (Å²) < 4.78 is 4.34. The van der Waals surface area contributed by atoms with E-state index in [1.165, 1.54) is 0 Å². The van der Waals surface area contributed by atoms with Gasteiger partial charge in [-0.2, -0.15) is 0 Å². The standard InChI is InChI=1S/C6H7NO.C6H10O7/c7-5-1-3-6(8)4-2-5;7-1-2(8)4(5(10)11)13-6(12)3(1)9/h1-4,8H,7H2;1-4,6-9,12H,(H,10,11)/t;1-,2-,3+,4-,6?/m.0/s1. The molecule has 0 aromatic heterocycles. The number of aliphatic carboxylic acids is 1. The molecule has 0 aliphatic carbocycles. The van der Waals surface area contributed by atoms with Crippen LogP contribution in [-0.4, -0.2) is 67.3 Å². The molecule has 0 saturated carbocycles. The van der Waals surface area contributed by atoms with Crippen LogP contribution in [0.15, 0.2) is 24.3 Å². The highest BCUT2D eigenvalue weighted by Crippen LogP contribution is 2.19. The first kappa shape index (κ1) is 17.1. The topological polar surface area (TPSA) is 174 Å². The van der Waals surface area contributed by atoms with Crippen LogP contribution in [-0.2, 0) is 9.53 Å². The molecule has 1 unspecified atom stereocenters. The molecule has 9 heteroatoms. The number of nitrogen functional groups attached to an aromatic ring is 1. The van der Waals surface area contributed by atoms with E-state index >= 15 is 0 Å². The maximum atomic E-state index is 10.4. The number of carboxylic acid groups (broad SMARTS) is 1. The number of carboxylic acids is 1. The van der Waals surface area contributed by atoms with Crippen LogP contribution in [0, 0.1) is 0 Å². The van der Waals surface area contributed by atoms with E-state index in [1.54, 1.807) is 24.3 Å². The smallest absolute Gasteiger partial charge is 0.335 e. The van der Waals surface area contributed by atoms with E-state index in [9.17, 15) is 4.79 Å². The first-order valence-electron chi connectivity index (χ1n) is 5.89. The Morgan fingerprint density at radius 2 is 1.52 bits per heavy atom. The number of aliphatic hydroxyl groups excluding tert-OH is 4. The van der Waals surface area contributed by atoms with Crippen LogP contribution in [0.25, 0.3) is 0 Å². The molecule has 118 valence electrons. The summed E-state index contributed by atoms with van der Waals surface area (Å²) in [4.78, 5) is 10.4. The summed E-state index contributed by atoms with van der Waals surface area (Å²) in [5.74, 6) is -1.27. The zero-order valence-electron chi connectivity index (χ0n) is 10.8. The molecular formula is C12H17NO8. The van der Waals surface area contributed by atoms with Gasteiger partial charge in [-0.1, -0.05) is 0 Å².